The molecule has 0 heterocycles. The van der Waals surface area contributed by atoms with Gasteiger partial charge in [-0.2, -0.15) is 0 Å². The third-order valence-electron chi connectivity index (χ3n) is 4.22. The summed E-state index contributed by atoms with van der Waals surface area (Å²) in [4.78, 5) is 36.6. The van der Waals surface area contributed by atoms with E-state index >= 15 is 0 Å². The summed E-state index contributed by atoms with van der Waals surface area (Å²) in [6.45, 7) is -0.535. The molecule has 7 nitrogen and oxygen atoms in total. The molecule has 7 heteroatoms. The third kappa shape index (κ3) is 6.25. The molecule has 0 aliphatic carbocycles. The second kappa shape index (κ2) is 10.7. The average Bonchev–Trinajstić information content (AvgIpc) is 2.79. The lowest BCUT2D eigenvalue weighted by atomic mass is 10.1. The van der Waals surface area contributed by atoms with Gasteiger partial charge in [-0.1, -0.05) is 78.9 Å². The molecular formula is C24H20O7. The Morgan fingerprint density at radius 3 is 1.71 bits per heavy atom. The maximum atomic E-state index is 12.8. The monoisotopic (exact) mass is 420 g/mol. The predicted octanol–water partition coefficient (Wildman–Crippen LogP) is 3.72. The average molecular weight is 420 g/mol. The highest BCUT2D eigenvalue weighted by Crippen LogP contribution is 2.25. The van der Waals surface area contributed by atoms with Gasteiger partial charge in [0.2, 0.25) is 6.10 Å². The van der Waals surface area contributed by atoms with Crippen molar-refractivity contribution in [2.75, 3.05) is 6.61 Å². The summed E-state index contributed by atoms with van der Waals surface area (Å²) in [7, 11) is 0. The molecule has 0 bridgehead atoms. The van der Waals surface area contributed by atoms with Gasteiger partial charge in [0.1, 0.15) is 12.4 Å². The van der Waals surface area contributed by atoms with Crippen molar-refractivity contribution >= 4 is 17.9 Å². The lowest BCUT2D eigenvalue weighted by molar-refractivity contribution is -0.175. The van der Waals surface area contributed by atoms with Crippen LogP contribution in [0.15, 0.2) is 91.0 Å². The lowest BCUT2D eigenvalue weighted by Crippen LogP contribution is -2.27. The topological polar surface area (TPSA) is 99.1 Å². The number of hydrogen-bond donors (Lipinski definition) is 1. The van der Waals surface area contributed by atoms with Crippen LogP contribution in [0.2, 0.25) is 0 Å². The van der Waals surface area contributed by atoms with Crippen LogP contribution in [0.5, 0.6) is 5.75 Å². The van der Waals surface area contributed by atoms with Gasteiger partial charge in [-0.3, -0.25) is 0 Å². The van der Waals surface area contributed by atoms with E-state index in [1.165, 1.54) is 0 Å². The molecule has 0 spiro atoms. The van der Waals surface area contributed by atoms with E-state index in [9.17, 15) is 19.5 Å². The van der Waals surface area contributed by atoms with Crippen molar-refractivity contribution in [2.45, 2.75) is 12.2 Å². The summed E-state index contributed by atoms with van der Waals surface area (Å²) in [5.41, 5.74) is 0.718. The summed E-state index contributed by atoms with van der Waals surface area (Å²) < 4.78 is 15.9. The Bertz CT molecular complexity index is 1000. The van der Waals surface area contributed by atoms with Crippen LogP contribution >= 0.6 is 0 Å². The van der Waals surface area contributed by atoms with E-state index in [1.807, 2.05) is 0 Å². The SMILES string of the molecule is O=C(CO[C@@H](C(=O)OC(C(=O)O)c1ccccc1)c1ccccc1)Oc1ccccc1. The van der Waals surface area contributed by atoms with Gasteiger partial charge in [0.25, 0.3) is 0 Å². The van der Waals surface area contributed by atoms with Crippen molar-refractivity contribution in [1.82, 2.24) is 0 Å². The van der Waals surface area contributed by atoms with Gasteiger partial charge in [0.15, 0.2) is 6.10 Å². The Labute approximate surface area is 178 Å². The summed E-state index contributed by atoms with van der Waals surface area (Å²) in [6, 6.07) is 24.9. The number of hydrogen-bond acceptors (Lipinski definition) is 6. The Kier molecular flexibility index (Phi) is 7.50. The minimum absolute atomic E-state index is 0.304. The number of carbonyl (C=O) groups excluding carboxylic acids is 2. The minimum Gasteiger partial charge on any atom is -0.478 e. The van der Waals surface area contributed by atoms with E-state index < -0.39 is 36.7 Å². The number of carboxylic acids is 1. The van der Waals surface area contributed by atoms with Gasteiger partial charge in [0, 0.05) is 5.56 Å². The Hall–Kier alpha value is -3.97. The van der Waals surface area contributed by atoms with Crippen molar-refractivity contribution in [3.8, 4) is 5.75 Å². The summed E-state index contributed by atoms with van der Waals surface area (Å²) >= 11 is 0. The number of aliphatic carboxylic acids is 1. The van der Waals surface area contributed by atoms with Gasteiger partial charge < -0.3 is 19.3 Å². The van der Waals surface area contributed by atoms with E-state index in [2.05, 4.69) is 0 Å². The summed E-state index contributed by atoms with van der Waals surface area (Å²) in [6.07, 6.45) is -2.82. The normalized spacial score (nSPS) is 12.4. The summed E-state index contributed by atoms with van der Waals surface area (Å²) in [5, 5.41) is 9.52. The quantitative estimate of drug-likeness (QED) is 0.416. The highest BCUT2D eigenvalue weighted by atomic mass is 16.6. The maximum absolute atomic E-state index is 12.8. The first-order chi connectivity index (χ1) is 15.0. The molecule has 0 aliphatic heterocycles. The smallest absolute Gasteiger partial charge is 0.349 e. The zero-order valence-corrected chi connectivity index (χ0v) is 16.4. The minimum atomic E-state index is -1.51. The number of rotatable bonds is 9. The van der Waals surface area contributed by atoms with Crippen molar-refractivity contribution < 1.29 is 33.7 Å². The largest absolute Gasteiger partial charge is 0.478 e. The highest BCUT2D eigenvalue weighted by molar-refractivity contribution is 5.82. The number of benzene rings is 3. The molecule has 0 aliphatic rings. The van der Waals surface area contributed by atoms with Crippen molar-refractivity contribution in [3.05, 3.63) is 102 Å². The number of carbonyl (C=O) groups is 3. The molecular weight excluding hydrogens is 400 g/mol. The molecule has 0 saturated heterocycles. The van der Waals surface area contributed by atoms with Crippen LogP contribution in [0.4, 0.5) is 0 Å². The lowest BCUT2D eigenvalue weighted by Gasteiger charge is -2.20. The molecule has 31 heavy (non-hydrogen) atoms. The first kappa shape index (κ1) is 21.7. The van der Waals surface area contributed by atoms with E-state index in [0.717, 1.165) is 0 Å². The van der Waals surface area contributed by atoms with Gasteiger partial charge in [-0.05, 0) is 17.7 Å². The second-order valence-corrected chi connectivity index (χ2v) is 6.45. The maximum Gasteiger partial charge on any atom is 0.349 e. The van der Waals surface area contributed by atoms with Crippen molar-refractivity contribution in [2.24, 2.45) is 0 Å². The predicted molar refractivity (Wildman–Crippen MR) is 110 cm³/mol. The molecule has 0 fully saturated rings. The fraction of sp³-hybridized carbons (Fsp3) is 0.125. The molecule has 0 radical (unpaired) electrons. The second-order valence-electron chi connectivity index (χ2n) is 6.45. The third-order valence-corrected chi connectivity index (χ3v) is 4.22. The van der Waals surface area contributed by atoms with E-state index in [0.29, 0.717) is 16.9 Å². The molecule has 0 amide bonds. The molecule has 0 saturated carbocycles. The Morgan fingerprint density at radius 1 is 0.710 bits per heavy atom. The number of ether oxygens (including phenoxy) is 3. The van der Waals surface area contributed by atoms with E-state index in [-0.39, 0.29) is 0 Å². The molecule has 2 atom stereocenters. The van der Waals surface area contributed by atoms with E-state index in [1.54, 1.807) is 91.0 Å². The molecule has 3 aromatic rings. The fourth-order valence-corrected chi connectivity index (χ4v) is 2.80. The fourth-order valence-electron chi connectivity index (χ4n) is 2.80. The Morgan fingerprint density at radius 2 is 1.19 bits per heavy atom. The highest BCUT2D eigenvalue weighted by Gasteiger charge is 2.31. The van der Waals surface area contributed by atoms with E-state index in [4.69, 9.17) is 14.2 Å². The van der Waals surface area contributed by atoms with Crippen LogP contribution in [0.25, 0.3) is 0 Å². The van der Waals surface area contributed by atoms with Gasteiger partial charge in [-0.25, -0.2) is 14.4 Å². The molecule has 0 aromatic heterocycles. The zero-order chi connectivity index (χ0) is 22.1. The van der Waals surface area contributed by atoms with Crippen molar-refractivity contribution in [1.29, 1.82) is 0 Å². The standard InChI is InChI=1S/C24H20O7/c25-20(30-19-14-8-3-9-15-19)16-29-22(18-12-6-2-7-13-18)24(28)31-21(23(26)27)17-10-4-1-5-11-17/h1-15,21-22H,16H2,(H,26,27)/t21?,22-/m1/s1. The summed E-state index contributed by atoms with van der Waals surface area (Å²) in [5.74, 6) is -2.63. The number of carboxylic acid groups (broad SMARTS) is 1. The van der Waals surface area contributed by atoms with Crippen LogP contribution in [-0.4, -0.2) is 29.6 Å². The first-order valence-electron chi connectivity index (χ1n) is 9.45. The van der Waals surface area contributed by atoms with Crippen LogP contribution in [0.1, 0.15) is 23.3 Å². The molecule has 3 rings (SSSR count). The van der Waals surface area contributed by atoms with Gasteiger partial charge in [0.05, 0.1) is 0 Å². The van der Waals surface area contributed by atoms with Gasteiger partial charge in [-0.15, -0.1) is 0 Å². The van der Waals surface area contributed by atoms with Crippen molar-refractivity contribution in [3.63, 3.8) is 0 Å². The van der Waals surface area contributed by atoms with Crippen LogP contribution in [0.3, 0.4) is 0 Å². The van der Waals surface area contributed by atoms with Crippen LogP contribution < -0.4 is 4.74 Å². The Balaban J connectivity index is 1.73. The zero-order valence-electron chi connectivity index (χ0n) is 16.4. The van der Waals surface area contributed by atoms with Crippen LogP contribution in [0, 0.1) is 0 Å². The first-order valence-corrected chi connectivity index (χ1v) is 9.45. The molecule has 3 aromatic carbocycles. The van der Waals surface area contributed by atoms with Crippen LogP contribution in [-0.2, 0) is 23.9 Å². The molecule has 158 valence electrons. The van der Waals surface area contributed by atoms with Gasteiger partial charge >= 0.3 is 17.9 Å². The molecule has 1 N–H and O–H groups in total. The number of esters is 2. The molecule has 1 unspecified atom stereocenters. The number of para-hydroxylation sites is 1.